The summed E-state index contributed by atoms with van der Waals surface area (Å²) >= 11 is 1.33. The molecule has 96 valence electrons. The molecule has 0 amide bonds. The molecule has 1 heterocycles. The normalized spacial score (nSPS) is 12.6. The molecule has 3 N–H and O–H groups in total. The fourth-order valence-corrected chi connectivity index (χ4v) is 2.50. The van der Waals surface area contributed by atoms with Crippen molar-refractivity contribution in [3.63, 3.8) is 0 Å². The molecule has 0 aliphatic heterocycles. The van der Waals surface area contributed by atoms with Crippen molar-refractivity contribution < 1.29 is 4.39 Å². The van der Waals surface area contributed by atoms with Crippen molar-refractivity contribution in [2.75, 3.05) is 6.54 Å². The second kappa shape index (κ2) is 5.36. The van der Waals surface area contributed by atoms with Crippen LogP contribution in [0.25, 0.3) is 0 Å². The molecule has 7 heteroatoms. The molecule has 0 radical (unpaired) electrons. The lowest BCUT2D eigenvalue weighted by Gasteiger charge is -2.13. The first kappa shape index (κ1) is 12.8. The number of hydrogen-bond acceptors (Lipinski definition) is 4. The Morgan fingerprint density at radius 3 is 2.94 bits per heavy atom. The van der Waals surface area contributed by atoms with Gasteiger partial charge in [-0.05, 0) is 17.7 Å². The molecule has 2 rings (SSSR count). The second-order valence-electron chi connectivity index (χ2n) is 3.77. The average Bonchev–Trinajstić information content (AvgIpc) is 2.67. The van der Waals surface area contributed by atoms with E-state index in [2.05, 4.69) is 10.2 Å². The van der Waals surface area contributed by atoms with Gasteiger partial charge in [0, 0.05) is 18.8 Å². The van der Waals surface area contributed by atoms with Crippen molar-refractivity contribution >= 4 is 11.8 Å². The summed E-state index contributed by atoms with van der Waals surface area (Å²) in [5, 5.41) is 6.62. The number of benzene rings is 1. The molecule has 2 aromatic rings. The summed E-state index contributed by atoms with van der Waals surface area (Å²) in [5.74, 6) is -0.303. The Morgan fingerprint density at radius 1 is 1.61 bits per heavy atom. The number of H-pyrrole nitrogens is 1. The molecule has 0 aliphatic carbocycles. The van der Waals surface area contributed by atoms with Gasteiger partial charge in [-0.2, -0.15) is 0 Å². The lowest BCUT2D eigenvalue weighted by Crippen LogP contribution is -2.14. The minimum absolute atomic E-state index is 0.144. The highest BCUT2D eigenvalue weighted by Crippen LogP contribution is 2.32. The minimum Gasteiger partial charge on any atom is -0.329 e. The number of hydrogen-bond donors (Lipinski definition) is 2. The first-order valence-electron chi connectivity index (χ1n) is 5.35. The molecule has 0 fully saturated rings. The standard InChI is InChI=1S/C11H13FN4OS/c1-16-10(17)14-15-11(16)18-9(6-13)7-3-2-4-8(12)5-7/h2-5,9H,6,13H2,1H3,(H,14,17). The first-order valence-corrected chi connectivity index (χ1v) is 6.23. The van der Waals surface area contributed by atoms with Gasteiger partial charge < -0.3 is 5.73 Å². The fraction of sp³-hybridized carbons (Fsp3) is 0.273. The van der Waals surface area contributed by atoms with Crippen molar-refractivity contribution in [3.8, 4) is 0 Å². The number of nitrogens with zero attached hydrogens (tertiary/aromatic N) is 2. The summed E-state index contributed by atoms with van der Waals surface area (Å²) in [6.45, 7) is 0.329. The Bertz CT molecular complexity index is 595. The Balaban J connectivity index is 2.25. The number of rotatable bonds is 4. The number of aromatic amines is 1. The second-order valence-corrected chi connectivity index (χ2v) is 4.94. The van der Waals surface area contributed by atoms with Crippen molar-refractivity contribution in [2.24, 2.45) is 12.8 Å². The molecule has 0 spiro atoms. The maximum absolute atomic E-state index is 13.2. The van der Waals surface area contributed by atoms with E-state index in [1.165, 1.54) is 28.5 Å². The van der Waals surface area contributed by atoms with E-state index in [4.69, 9.17) is 5.73 Å². The van der Waals surface area contributed by atoms with Crippen LogP contribution in [-0.4, -0.2) is 21.3 Å². The number of thioether (sulfide) groups is 1. The van der Waals surface area contributed by atoms with Gasteiger partial charge in [0.15, 0.2) is 5.16 Å². The molecule has 18 heavy (non-hydrogen) atoms. The van der Waals surface area contributed by atoms with Crippen molar-refractivity contribution in [1.82, 2.24) is 14.8 Å². The van der Waals surface area contributed by atoms with Gasteiger partial charge >= 0.3 is 5.69 Å². The summed E-state index contributed by atoms with van der Waals surface area (Å²) in [6.07, 6.45) is 0. The van der Waals surface area contributed by atoms with Crippen LogP contribution in [0.5, 0.6) is 0 Å². The van der Waals surface area contributed by atoms with Gasteiger partial charge in [-0.3, -0.25) is 4.57 Å². The smallest absolute Gasteiger partial charge is 0.329 e. The topological polar surface area (TPSA) is 76.7 Å². The molecule has 1 aromatic carbocycles. The fourth-order valence-electron chi connectivity index (χ4n) is 1.52. The average molecular weight is 268 g/mol. The van der Waals surface area contributed by atoms with Crippen LogP contribution in [0.3, 0.4) is 0 Å². The van der Waals surface area contributed by atoms with Gasteiger partial charge in [0.1, 0.15) is 5.82 Å². The van der Waals surface area contributed by atoms with E-state index in [0.29, 0.717) is 11.7 Å². The van der Waals surface area contributed by atoms with Crippen LogP contribution in [0.2, 0.25) is 0 Å². The van der Waals surface area contributed by atoms with Crippen LogP contribution in [-0.2, 0) is 7.05 Å². The zero-order valence-corrected chi connectivity index (χ0v) is 10.6. The van der Waals surface area contributed by atoms with Crippen LogP contribution in [0.4, 0.5) is 4.39 Å². The molecule has 0 bridgehead atoms. The molecule has 5 nitrogen and oxygen atoms in total. The zero-order valence-electron chi connectivity index (χ0n) is 9.76. The molecular formula is C11H13FN4OS. The number of halogens is 1. The minimum atomic E-state index is -0.303. The van der Waals surface area contributed by atoms with E-state index in [1.807, 2.05) is 0 Å². The zero-order chi connectivity index (χ0) is 13.1. The first-order chi connectivity index (χ1) is 8.61. The third kappa shape index (κ3) is 2.62. The molecule has 0 saturated heterocycles. The summed E-state index contributed by atoms with van der Waals surface area (Å²) < 4.78 is 14.6. The van der Waals surface area contributed by atoms with Gasteiger partial charge in [-0.25, -0.2) is 14.3 Å². The van der Waals surface area contributed by atoms with E-state index in [9.17, 15) is 9.18 Å². The lowest BCUT2D eigenvalue weighted by atomic mass is 10.1. The maximum Gasteiger partial charge on any atom is 0.343 e. The molecule has 1 aromatic heterocycles. The van der Waals surface area contributed by atoms with E-state index in [0.717, 1.165) is 5.56 Å². The van der Waals surface area contributed by atoms with Crippen molar-refractivity contribution in [3.05, 3.63) is 46.1 Å². The Morgan fingerprint density at radius 2 is 2.39 bits per heavy atom. The van der Waals surface area contributed by atoms with Crippen LogP contribution in [0.15, 0.2) is 34.2 Å². The molecule has 1 unspecified atom stereocenters. The predicted molar refractivity (Wildman–Crippen MR) is 67.9 cm³/mol. The van der Waals surface area contributed by atoms with Crippen LogP contribution in [0, 0.1) is 5.82 Å². The highest BCUT2D eigenvalue weighted by molar-refractivity contribution is 7.99. The molecule has 0 aliphatic rings. The quantitative estimate of drug-likeness (QED) is 0.812. The van der Waals surface area contributed by atoms with Crippen LogP contribution in [0.1, 0.15) is 10.8 Å². The van der Waals surface area contributed by atoms with Crippen LogP contribution < -0.4 is 11.4 Å². The van der Waals surface area contributed by atoms with Crippen molar-refractivity contribution in [2.45, 2.75) is 10.4 Å². The maximum atomic E-state index is 13.2. The Hall–Kier alpha value is -1.60. The lowest BCUT2D eigenvalue weighted by molar-refractivity contribution is 0.625. The predicted octanol–water partition coefficient (Wildman–Crippen LogP) is 1.04. The Labute approximate surface area is 107 Å². The summed E-state index contributed by atoms with van der Waals surface area (Å²) in [4.78, 5) is 11.2. The largest absolute Gasteiger partial charge is 0.343 e. The number of nitrogens with one attached hydrogen (secondary N) is 1. The monoisotopic (exact) mass is 268 g/mol. The van der Waals surface area contributed by atoms with Gasteiger partial charge in [0.25, 0.3) is 0 Å². The van der Waals surface area contributed by atoms with E-state index in [1.54, 1.807) is 19.2 Å². The highest BCUT2D eigenvalue weighted by atomic mass is 32.2. The summed E-state index contributed by atoms with van der Waals surface area (Å²) in [7, 11) is 1.62. The highest BCUT2D eigenvalue weighted by Gasteiger charge is 2.16. The third-order valence-corrected chi connectivity index (χ3v) is 3.85. The third-order valence-electron chi connectivity index (χ3n) is 2.52. The number of nitrogens with two attached hydrogens (primary N) is 1. The summed E-state index contributed by atoms with van der Waals surface area (Å²) in [6, 6.07) is 6.26. The van der Waals surface area contributed by atoms with Crippen LogP contribution >= 0.6 is 11.8 Å². The molecule has 0 saturated carbocycles. The van der Waals surface area contributed by atoms with Gasteiger partial charge in [-0.15, -0.1) is 5.10 Å². The molecule has 1 atom stereocenters. The van der Waals surface area contributed by atoms with Gasteiger partial charge in [0.2, 0.25) is 0 Å². The summed E-state index contributed by atoms with van der Waals surface area (Å²) in [5.41, 5.74) is 6.18. The SMILES string of the molecule is Cn1c(SC(CN)c2cccc(F)c2)n[nH]c1=O. The van der Waals surface area contributed by atoms with Gasteiger partial charge in [0.05, 0.1) is 0 Å². The number of aromatic nitrogens is 3. The van der Waals surface area contributed by atoms with Gasteiger partial charge in [-0.1, -0.05) is 23.9 Å². The van der Waals surface area contributed by atoms with E-state index in [-0.39, 0.29) is 16.8 Å². The van der Waals surface area contributed by atoms with Crippen molar-refractivity contribution in [1.29, 1.82) is 0 Å². The molecular weight excluding hydrogens is 255 g/mol. The Kier molecular flexibility index (Phi) is 3.83. The van der Waals surface area contributed by atoms with E-state index < -0.39 is 0 Å². The van der Waals surface area contributed by atoms with E-state index >= 15 is 0 Å².